The Labute approximate surface area is 220 Å². The minimum absolute atomic E-state index is 0.102. The molecule has 0 heterocycles. The summed E-state index contributed by atoms with van der Waals surface area (Å²) in [6.45, 7) is 0. The smallest absolute Gasteiger partial charge is 0.337 e. The van der Waals surface area contributed by atoms with Gasteiger partial charge in [0.1, 0.15) is 11.5 Å². The van der Waals surface area contributed by atoms with Crippen molar-refractivity contribution < 1.29 is 31.1 Å². The first-order chi connectivity index (χ1) is 18.5. The lowest BCUT2D eigenvalue weighted by molar-refractivity contribution is -0.138. The fraction of sp³-hybridized carbons (Fsp3) is 0.133. The molecule has 1 amide bonds. The molecule has 1 atom stereocenters. The van der Waals surface area contributed by atoms with Crippen LogP contribution in [0, 0.1) is 11.3 Å². The molecule has 9 heteroatoms. The molecule has 0 fully saturated rings. The Morgan fingerprint density at radius 2 is 1.08 bits per heavy atom. The summed E-state index contributed by atoms with van der Waals surface area (Å²) in [6, 6.07) is 25.4. The summed E-state index contributed by atoms with van der Waals surface area (Å²) >= 11 is 0. The number of hydrogen-bond donors (Lipinski definition) is 1. The second-order valence-electron chi connectivity index (χ2n) is 8.76. The lowest BCUT2D eigenvalue weighted by Gasteiger charge is -2.40. The van der Waals surface area contributed by atoms with Crippen molar-refractivity contribution in [1.29, 1.82) is 5.26 Å². The number of nitrogens with one attached hydrogen (secondary N) is 1. The molecule has 0 aliphatic carbocycles. The first kappa shape index (κ1) is 27.5. The second kappa shape index (κ2) is 10.7. The van der Waals surface area contributed by atoms with Crippen molar-refractivity contribution in [3.8, 4) is 6.07 Å². The van der Waals surface area contributed by atoms with Crippen LogP contribution in [0.1, 0.15) is 44.1 Å². The largest absolute Gasteiger partial charge is 0.416 e. The molecule has 0 saturated heterocycles. The lowest BCUT2D eigenvalue weighted by atomic mass is 9.70. The van der Waals surface area contributed by atoms with E-state index in [0.717, 1.165) is 36.4 Å². The molecule has 0 radical (unpaired) electrons. The third-order valence-corrected chi connectivity index (χ3v) is 6.33. The van der Waals surface area contributed by atoms with Gasteiger partial charge in [-0.05, 0) is 53.1 Å². The zero-order valence-corrected chi connectivity index (χ0v) is 20.1. The predicted octanol–water partition coefficient (Wildman–Crippen LogP) is 7.71. The molecule has 0 aliphatic heterocycles. The zero-order valence-electron chi connectivity index (χ0n) is 20.1. The molecule has 198 valence electrons. The van der Waals surface area contributed by atoms with Crippen LogP contribution in [0.3, 0.4) is 0 Å². The summed E-state index contributed by atoms with van der Waals surface area (Å²) in [5, 5.41) is 13.1. The van der Waals surface area contributed by atoms with Gasteiger partial charge in [-0.3, -0.25) is 4.79 Å². The molecule has 1 unspecified atom stereocenters. The highest BCUT2D eigenvalue weighted by Crippen LogP contribution is 2.45. The molecule has 0 aromatic heterocycles. The van der Waals surface area contributed by atoms with Crippen LogP contribution < -0.4 is 5.32 Å². The van der Waals surface area contributed by atoms with Crippen molar-refractivity contribution >= 4 is 5.91 Å². The van der Waals surface area contributed by atoms with Gasteiger partial charge in [0.2, 0.25) is 0 Å². The van der Waals surface area contributed by atoms with Gasteiger partial charge >= 0.3 is 12.4 Å². The maximum Gasteiger partial charge on any atom is 0.416 e. The summed E-state index contributed by atoms with van der Waals surface area (Å²) in [6.07, 6.45) is -9.60. The fourth-order valence-corrected chi connectivity index (χ4v) is 4.51. The molecular weight excluding hydrogens is 518 g/mol. The van der Waals surface area contributed by atoms with Gasteiger partial charge < -0.3 is 5.32 Å². The molecule has 4 aromatic rings. The van der Waals surface area contributed by atoms with E-state index in [2.05, 4.69) is 11.4 Å². The van der Waals surface area contributed by atoms with Gasteiger partial charge in [-0.1, -0.05) is 72.8 Å². The van der Waals surface area contributed by atoms with Gasteiger partial charge in [0.05, 0.1) is 17.2 Å². The number of rotatable bonds is 6. The average molecular weight is 538 g/mol. The van der Waals surface area contributed by atoms with Crippen LogP contribution in [0.5, 0.6) is 0 Å². The number of nitrogens with zero attached hydrogens (tertiary/aromatic N) is 1. The minimum Gasteiger partial charge on any atom is -0.337 e. The van der Waals surface area contributed by atoms with Crippen molar-refractivity contribution in [2.24, 2.45) is 0 Å². The molecule has 3 nitrogen and oxygen atoms in total. The molecule has 0 saturated carbocycles. The quantitative estimate of drug-likeness (QED) is 0.256. The predicted molar refractivity (Wildman–Crippen MR) is 132 cm³/mol. The molecule has 39 heavy (non-hydrogen) atoms. The second-order valence-corrected chi connectivity index (χ2v) is 8.76. The third-order valence-electron chi connectivity index (χ3n) is 6.33. The number of hydrogen-bond acceptors (Lipinski definition) is 2. The number of carbonyl (C=O) groups is 1. The van der Waals surface area contributed by atoms with E-state index in [9.17, 15) is 36.4 Å². The Balaban J connectivity index is 2.10. The summed E-state index contributed by atoms with van der Waals surface area (Å²) in [7, 11) is 0. The summed E-state index contributed by atoms with van der Waals surface area (Å²) in [5.41, 5.74) is -4.38. The number of alkyl halides is 6. The van der Waals surface area contributed by atoms with E-state index in [0.29, 0.717) is 0 Å². The van der Waals surface area contributed by atoms with Gasteiger partial charge in [0.15, 0.2) is 0 Å². The minimum atomic E-state index is -4.80. The van der Waals surface area contributed by atoms with Gasteiger partial charge in [-0.2, -0.15) is 31.6 Å². The molecule has 0 spiro atoms. The summed E-state index contributed by atoms with van der Waals surface area (Å²) in [5.74, 6) is -2.22. The number of benzene rings is 4. The van der Waals surface area contributed by atoms with Crippen LogP contribution in [-0.4, -0.2) is 5.91 Å². The monoisotopic (exact) mass is 538 g/mol. The first-order valence-electron chi connectivity index (χ1n) is 11.6. The van der Waals surface area contributed by atoms with E-state index in [1.54, 1.807) is 36.4 Å². The van der Waals surface area contributed by atoms with Gasteiger partial charge in [0.25, 0.3) is 5.91 Å². The van der Waals surface area contributed by atoms with E-state index >= 15 is 0 Å². The molecule has 0 bridgehead atoms. The maximum atomic E-state index is 13.8. The number of nitriles is 1. The highest BCUT2D eigenvalue weighted by molar-refractivity contribution is 5.95. The highest BCUT2D eigenvalue weighted by atomic mass is 19.4. The fourth-order valence-electron chi connectivity index (χ4n) is 4.51. The van der Waals surface area contributed by atoms with Crippen LogP contribution in [0.25, 0.3) is 0 Å². The normalized spacial score (nSPS) is 12.8. The Kier molecular flexibility index (Phi) is 7.50. The number of halogens is 6. The third kappa shape index (κ3) is 5.65. The lowest BCUT2D eigenvalue weighted by Crippen LogP contribution is -2.51. The van der Waals surface area contributed by atoms with E-state index in [1.165, 1.54) is 36.4 Å². The standard InChI is InChI=1S/C30H20F6N2O/c31-29(32,33)24-15-7-13-22(17-24)28(26(19-37)20-9-3-1-4-10-20,38-27(39)21-11-5-2-6-12-21)23-14-8-16-25(18-23)30(34,35)36/h1-18,26H,(H,38,39). The molecule has 4 rings (SSSR count). The average Bonchev–Trinajstić information content (AvgIpc) is 2.93. The van der Waals surface area contributed by atoms with Crippen molar-refractivity contribution in [3.05, 3.63) is 143 Å². The van der Waals surface area contributed by atoms with Gasteiger partial charge in [0, 0.05) is 5.56 Å². The Morgan fingerprint density at radius 1 is 0.641 bits per heavy atom. The Morgan fingerprint density at radius 3 is 1.51 bits per heavy atom. The molecule has 1 N–H and O–H groups in total. The van der Waals surface area contributed by atoms with E-state index in [-0.39, 0.29) is 22.3 Å². The summed E-state index contributed by atoms with van der Waals surface area (Å²) < 4.78 is 82.9. The molecule has 4 aromatic carbocycles. The van der Waals surface area contributed by atoms with E-state index < -0.39 is 40.8 Å². The summed E-state index contributed by atoms with van der Waals surface area (Å²) in [4.78, 5) is 13.6. The maximum absolute atomic E-state index is 13.8. The van der Waals surface area contributed by atoms with Crippen LogP contribution >= 0.6 is 0 Å². The molecule has 0 aliphatic rings. The van der Waals surface area contributed by atoms with E-state index in [4.69, 9.17) is 0 Å². The topological polar surface area (TPSA) is 52.9 Å². The Bertz CT molecular complexity index is 1430. The number of carbonyl (C=O) groups excluding carboxylic acids is 1. The molecular formula is C30H20F6N2O. The zero-order chi connectivity index (χ0) is 28.3. The van der Waals surface area contributed by atoms with Crippen LogP contribution in [-0.2, 0) is 17.9 Å². The van der Waals surface area contributed by atoms with Crippen molar-refractivity contribution in [2.75, 3.05) is 0 Å². The van der Waals surface area contributed by atoms with Crippen LogP contribution in [0.2, 0.25) is 0 Å². The van der Waals surface area contributed by atoms with Crippen molar-refractivity contribution in [1.82, 2.24) is 5.32 Å². The first-order valence-corrected chi connectivity index (χ1v) is 11.6. The van der Waals surface area contributed by atoms with E-state index in [1.807, 2.05) is 0 Å². The highest BCUT2D eigenvalue weighted by Gasteiger charge is 2.47. The van der Waals surface area contributed by atoms with Crippen molar-refractivity contribution in [3.63, 3.8) is 0 Å². The Hall–Kier alpha value is -4.58. The van der Waals surface area contributed by atoms with Crippen LogP contribution in [0.15, 0.2) is 109 Å². The van der Waals surface area contributed by atoms with Crippen LogP contribution in [0.4, 0.5) is 26.3 Å². The van der Waals surface area contributed by atoms with Gasteiger partial charge in [-0.25, -0.2) is 0 Å². The van der Waals surface area contributed by atoms with Crippen molar-refractivity contribution in [2.45, 2.75) is 23.8 Å². The number of amides is 1. The SMILES string of the molecule is N#CC(c1ccccc1)C(NC(=O)c1ccccc1)(c1cccc(C(F)(F)F)c1)c1cccc(C(F)(F)F)c1. The van der Waals surface area contributed by atoms with Gasteiger partial charge in [-0.15, -0.1) is 0 Å².